The van der Waals surface area contributed by atoms with Crippen molar-refractivity contribution in [3.8, 4) is 11.3 Å². The van der Waals surface area contributed by atoms with Gasteiger partial charge in [0.1, 0.15) is 59.7 Å². The van der Waals surface area contributed by atoms with E-state index < -0.39 is 120 Å². The summed E-state index contributed by atoms with van der Waals surface area (Å²) in [4.78, 5) is 156. The van der Waals surface area contributed by atoms with Crippen LogP contribution in [0.15, 0.2) is 115 Å². The minimum atomic E-state index is -2.52. The molecule has 1 aromatic carbocycles. The topological polar surface area (TPSA) is 484 Å². The zero-order valence-electron chi connectivity index (χ0n) is 79.6. The average Bonchev–Trinajstić information content (AvgIpc) is 1.61. The van der Waals surface area contributed by atoms with Crippen LogP contribution in [0.5, 0.6) is 0 Å². The second-order valence-electron chi connectivity index (χ2n) is 37.2. The number of amides is 4. The van der Waals surface area contributed by atoms with Crippen LogP contribution in [0.25, 0.3) is 33.3 Å². The van der Waals surface area contributed by atoms with Crippen LogP contribution in [0.2, 0.25) is 0 Å². The van der Waals surface area contributed by atoms with Gasteiger partial charge in [-0.05, 0) is 136 Å². The van der Waals surface area contributed by atoms with Gasteiger partial charge in [0.15, 0.2) is 11.4 Å². The number of hydrogen-bond acceptors (Lipinski definition) is 32. The van der Waals surface area contributed by atoms with Crippen LogP contribution in [0, 0.1) is 29.6 Å². The fraction of sp³-hybridized carbons (Fsp3) is 0.576. The fourth-order valence-electron chi connectivity index (χ4n) is 19.2. The molecule has 38 heteroatoms. The van der Waals surface area contributed by atoms with Crippen LogP contribution in [0.4, 0.5) is 22.5 Å². The summed E-state index contributed by atoms with van der Waals surface area (Å²) in [6.45, 7) is 17.7. The summed E-state index contributed by atoms with van der Waals surface area (Å²) < 4.78 is 55.2. The number of ketones is 3. The number of anilines is 3. The largest absolute Gasteiger partial charge is 0.459 e. The summed E-state index contributed by atoms with van der Waals surface area (Å²) in [5, 5.41) is 44.2. The van der Waals surface area contributed by atoms with Gasteiger partial charge >= 0.3 is 12.1 Å². The highest BCUT2D eigenvalue weighted by molar-refractivity contribution is 6.39. The molecule has 738 valence electrons. The van der Waals surface area contributed by atoms with Crippen molar-refractivity contribution in [1.29, 1.82) is 0 Å². The van der Waals surface area contributed by atoms with Crippen LogP contribution in [0.3, 0.4) is 0 Å². The first kappa shape index (κ1) is 102. The van der Waals surface area contributed by atoms with Crippen LogP contribution < -0.4 is 26.6 Å². The van der Waals surface area contributed by atoms with E-state index in [-0.39, 0.29) is 87.8 Å². The van der Waals surface area contributed by atoms with E-state index in [0.29, 0.717) is 190 Å². The Hall–Kier alpha value is -11.3. The molecule has 2 bridgehead atoms. The minimum absolute atomic E-state index is 0.00738. The van der Waals surface area contributed by atoms with Gasteiger partial charge in [0.25, 0.3) is 17.6 Å². The van der Waals surface area contributed by atoms with E-state index in [1.54, 1.807) is 45.2 Å². The summed E-state index contributed by atoms with van der Waals surface area (Å²) in [6, 6.07) is 8.05. The number of methoxy groups -OCH3 is 2. The number of nitrogens with one attached hydrogen (secondary N) is 2. The lowest BCUT2D eigenvalue weighted by Gasteiger charge is -2.42. The third-order valence-corrected chi connectivity index (χ3v) is 27.5. The Morgan fingerprint density at radius 1 is 0.701 bits per heavy atom. The van der Waals surface area contributed by atoms with Gasteiger partial charge in [-0.2, -0.15) is 5.10 Å². The number of cyclic esters (lactones) is 1. The average molecular weight is 1890 g/mol. The highest BCUT2D eigenvalue weighted by Crippen LogP contribution is 2.40. The van der Waals surface area contributed by atoms with Crippen molar-refractivity contribution < 1.29 is 96.3 Å². The number of fused-ring (bicyclic) bond motifs is 7. The first-order valence-corrected chi connectivity index (χ1v) is 48.0. The molecule has 0 spiro atoms. The number of rotatable bonds is 27. The molecule has 1 aliphatic carbocycles. The number of nitrogens with two attached hydrogens (primary N) is 2. The molecule has 7 aromatic rings. The van der Waals surface area contributed by atoms with Crippen molar-refractivity contribution in [3.05, 3.63) is 149 Å². The maximum atomic E-state index is 14.8. The van der Waals surface area contributed by atoms with Gasteiger partial charge in [0.2, 0.25) is 23.6 Å². The zero-order valence-corrected chi connectivity index (χ0v) is 79.6. The van der Waals surface area contributed by atoms with Crippen molar-refractivity contribution >= 4 is 86.9 Å². The maximum absolute atomic E-state index is 14.8. The summed E-state index contributed by atoms with van der Waals surface area (Å²) in [5.74, 6) is -8.26. The number of ether oxygens (including phenoxy) is 9. The summed E-state index contributed by atoms with van der Waals surface area (Å²) in [5.41, 5.74) is 22.7. The second-order valence-corrected chi connectivity index (χ2v) is 37.2. The Bertz CT molecular complexity index is 5490. The van der Waals surface area contributed by atoms with Crippen LogP contribution in [-0.4, -0.2) is 307 Å². The maximum Gasteiger partial charge on any atom is 0.410 e. The van der Waals surface area contributed by atoms with E-state index in [1.165, 1.54) is 44.4 Å². The van der Waals surface area contributed by atoms with Crippen molar-refractivity contribution in [2.75, 3.05) is 135 Å². The molecule has 9 N–H and O–H groups in total. The van der Waals surface area contributed by atoms with E-state index in [0.717, 1.165) is 55.9 Å². The molecule has 14 rings (SSSR count). The van der Waals surface area contributed by atoms with Gasteiger partial charge in [-0.25, -0.2) is 49.2 Å². The lowest BCUT2D eigenvalue weighted by atomic mass is 9.80. The molecule has 0 radical (unpaired) electrons. The van der Waals surface area contributed by atoms with Crippen molar-refractivity contribution in [1.82, 2.24) is 69.7 Å². The molecule has 6 aliphatic heterocycles. The molecule has 12 heterocycles. The molecule has 15 atom stereocenters. The number of H-pyrrole nitrogens is 1. The Labute approximate surface area is 797 Å². The fourth-order valence-corrected chi connectivity index (χ4v) is 19.2. The van der Waals surface area contributed by atoms with E-state index in [2.05, 4.69) is 58.3 Å². The lowest BCUT2D eigenvalue weighted by molar-refractivity contribution is -0.265. The molecule has 4 amide bonds. The highest BCUT2D eigenvalue weighted by Gasteiger charge is 2.54. The number of nitrogens with zero attached hydrogens (tertiary/aromatic N) is 14. The first-order chi connectivity index (χ1) is 66.1. The predicted octanol–water partition coefficient (Wildman–Crippen LogP) is 7.41. The molecular formula is C99H132N18O20. The normalized spacial score (nSPS) is 27.0. The number of carbonyl (C=O) groups is 8. The Morgan fingerprint density at radius 2 is 1.42 bits per heavy atom. The van der Waals surface area contributed by atoms with Gasteiger partial charge in [-0.3, -0.25) is 28.8 Å². The number of benzene rings is 1. The van der Waals surface area contributed by atoms with E-state index in [9.17, 15) is 53.7 Å². The second kappa shape index (κ2) is 47.8. The molecule has 38 nitrogen and oxygen atoms in total. The summed E-state index contributed by atoms with van der Waals surface area (Å²) >= 11 is 0. The predicted molar refractivity (Wildman–Crippen MR) is 506 cm³/mol. The molecule has 137 heavy (non-hydrogen) atoms. The van der Waals surface area contributed by atoms with Gasteiger partial charge in [-0.1, -0.05) is 82.4 Å². The van der Waals surface area contributed by atoms with E-state index >= 15 is 0 Å². The smallest absolute Gasteiger partial charge is 0.410 e. The molecule has 4 fully saturated rings. The highest BCUT2D eigenvalue weighted by atomic mass is 16.6. The Balaban J connectivity index is 0.475. The molecule has 6 aromatic heterocycles. The number of hydrogen-bond donors (Lipinski definition) is 7. The van der Waals surface area contributed by atoms with Crippen LogP contribution in [0.1, 0.15) is 163 Å². The number of allylic oxidation sites excluding steroid dienone is 6. The monoisotopic (exact) mass is 1890 g/mol. The van der Waals surface area contributed by atoms with Crippen LogP contribution >= 0.6 is 0 Å². The summed E-state index contributed by atoms with van der Waals surface area (Å²) in [6.07, 6.45) is 18.1. The molecule has 1 saturated carbocycles. The Morgan fingerprint density at radius 3 is 2.18 bits per heavy atom. The number of aromatic amines is 1. The number of nitrogen functional groups attached to an aromatic ring is 1. The molecular weight excluding hydrogens is 1760 g/mol. The number of carbonyl (C=O) groups excluding carboxylic acids is 8. The van der Waals surface area contributed by atoms with Crippen LogP contribution in [-0.2, 0) is 104 Å². The molecule has 3 saturated heterocycles. The van der Waals surface area contributed by atoms with E-state index in [4.69, 9.17) is 69.2 Å². The number of aliphatic hydroxyl groups is 3. The summed E-state index contributed by atoms with van der Waals surface area (Å²) in [7, 11) is 3.09. The van der Waals surface area contributed by atoms with Crippen molar-refractivity contribution in [2.24, 2.45) is 35.3 Å². The van der Waals surface area contributed by atoms with Gasteiger partial charge in [0, 0.05) is 164 Å². The number of piperidine rings is 1. The van der Waals surface area contributed by atoms with E-state index in [1.807, 2.05) is 77.0 Å². The molecule has 0 unspecified atom stereocenters. The van der Waals surface area contributed by atoms with Gasteiger partial charge in [-0.15, -0.1) is 0 Å². The number of aromatic nitrogens is 10. The quantitative estimate of drug-likeness (QED) is 0.0114. The lowest BCUT2D eigenvalue weighted by Crippen LogP contribution is -2.61. The number of pyridine rings is 1. The minimum Gasteiger partial charge on any atom is -0.459 e. The SMILES string of the molecule is CO[C@H]1C[C@@H]2CC[C@@H](C)[C@@](O)(O2)C(=O)C(=O)N2CCCC[C@H]2C(=O)O[C@H]([C@H](N)C[C@@H]2CC[C@@H](OC(=O)N3CCc4nc(N5CCN(c6ncc(C(=O)NCCOCCOCCOCCOCCC(=O)N7CCc8cc(Cn9nc(-c%10cnc%11[nH]ccc%11c%10)c%10c(N)ncnc%109)ccc8C7)cn6)CC5)ncc4C3)[C@H](OC)C2)CC(=O)[C@H](C)/C=C(\C)[C@@H](O)[C@@H](O)C(=O)[C@H](C)C[C@H](C)/C=C/C=C/C=C/1C. The first-order valence-electron chi connectivity index (χ1n) is 48.0. The third-order valence-electron chi connectivity index (χ3n) is 27.5. The van der Waals surface area contributed by atoms with Gasteiger partial charge < -0.3 is 104 Å². The Kier molecular flexibility index (Phi) is 35.5. The standard InChI is InChI=1S/C99H132N18O20/c1-60-14-10-9-11-15-61(2)80(129-7)50-74-21-17-65(6)99(128,137-74)89(123)94(125)116-29-13-12-16-77(116)95(126)135-81(51-78(118)62(3)45-64(5)87(121)88(122)86(120)63(4)44-60)75(100)47-66-19-22-79(82(48-66)130-8)136-98(127)115-31-25-76-73(58-115)55-107-97(110-76)113-34-32-112(33-35-113)96-105-53-72(54-106-96)93(124)103-28-37-132-39-41-134-43-42-133-40-38-131-36-26-83(119)114-30-24-68-46-67(18-20-70(68)57-114)56-117-92-84(90(101)108-59-109-92)85(111-117)71-49-69-23-27-102-91(69)104-52-71/h9-11,14-15,18,20,23,27,45-46,49,52-55,59-60,62-63,65-66,74-75,77,79-82,87-88,121-122,128H,12-13,16-17,19,21-22,24-26,28-44,47-48,50-51,56-58,100H2,1-8H3,(H,102,104)(H,103,124)(H2,101,108,109)/b11-9+,14-10+,61-15+,64-45+/t60-,62-,63-,65-,66+,74+,75-,77+,79-,80+,81+,82-,87-,88+,99-/m1/s1. The molecule has 7 aliphatic rings. The number of esters is 1. The van der Waals surface area contributed by atoms with Gasteiger partial charge in [0.05, 0.1) is 107 Å². The third kappa shape index (κ3) is 25.8. The number of piperazine rings is 1. The number of Topliss-reactive ketones (excluding diaryl/α,β-unsaturated/α-hetero) is 3. The number of aliphatic hydroxyl groups excluding tert-OH is 2. The van der Waals surface area contributed by atoms with Crippen molar-refractivity contribution in [2.45, 2.75) is 218 Å². The van der Waals surface area contributed by atoms with Crippen molar-refractivity contribution in [3.63, 3.8) is 0 Å². The zero-order chi connectivity index (χ0) is 97.0.